The van der Waals surface area contributed by atoms with Crippen LogP contribution in [0, 0.1) is 4.77 Å². The lowest BCUT2D eigenvalue weighted by molar-refractivity contribution is -0.141. The molecule has 78 valence electrons. The molecule has 0 aliphatic carbocycles. The zero-order valence-electron chi connectivity index (χ0n) is 8.24. The molecule has 1 saturated heterocycles. The molecule has 2 rings (SSSR count). The molecule has 0 saturated carbocycles. The lowest BCUT2D eigenvalue weighted by Crippen LogP contribution is -2.29. The van der Waals surface area contributed by atoms with Gasteiger partial charge in [-0.25, -0.2) is 0 Å². The summed E-state index contributed by atoms with van der Waals surface area (Å²) in [7, 11) is 1.87. The maximum absolute atomic E-state index is 5.49. The van der Waals surface area contributed by atoms with Crippen molar-refractivity contribution in [2.24, 2.45) is 7.05 Å². The van der Waals surface area contributed by atoms with E-state index in [0.29, 0.717) is 24.4 Å². The molecule has 0 amide bonds. The fraction of sp³-hybridized carbons (Fsp3) is 0.750. The van der Waals surface area contributed by atoms with Crippen molar-refractivity contribution >= 4 is 12.2 Å². The van der Waals surface area contributed by atoms with Crippen LogP contribution in [-0.4, -0.2) is 33.8 Å². The molecule has 0 radical (unpaired) electrons. The van der Waals surface area contributed by atoms with E-state index in [-0.39, 0.29) is 0 Å². The number of aromatic amines is 1. The highest BCUT2D eigenvalue weighted by Gasteiger charge is 2.32. The summed E-state index contributed by atoms with van der Waals surface area (Å²) < 4.78 is 13.4. The highest BCUT2D eigenvalue weighted by atomic mass is 32.1. The highest BCUT2D eigenvalue weighted by molar-refractivity contribution is 7.71. The van der Waals surface area contributed by atoms with Gasteiger partial charge in [-0.2, -0.15) is 5.10 Å². The molecule has 0 aromatic carbocycles. The fourth-order valence-electron chi connectivity index (χ4n) is 1.48. The standard InChI is InChI=1S/C8H13N3O2S/c1-8(12-3-4-13-8)5-6-9-10-7(14)11(6)2/h3-5H2,1-2H3,(H,10,14). The van der Waals surface area contributed by atoms with Gasteiger partial charge >= 0.3 is 0 Å². The molecule has 1 aromatic rings. The predicted molar refractivity (Wildman–Crippen MR) is 52.4 cm³/mol. The summed E-state index contributed by atoms with van der Waals surface area (Å²) in [4.78, 5) is 0. The first-order valence-corrected chi connectivity index (χ1v) is 4.90. The Morgan fingerprint density at radius 2 is 2.21 bits per heavy atom. The topological polar surface area (TPSA) is 52.1 Å². The zero-order valence-corrected chi connectivity index (χ0v) is 9.06. The average molecular weight is 215 g/mol. The van der Waals surface area contributed by atoms with Gasteiger partial charge in [0, 0.05) is 7.05 Å². The van der Waals surface area contributed by atoms with E-state index in [0.717, 1.165) is 5.82 Å². The molecule has 1 aliphatic rings. The Morgan fingerprint density at radius 1 is 1.57 bits per heavy atom. The van der Waals surface area contributed by atoms with Crippen LogP contribution in [-0.2, 0) is 22.9 Å². The van der Waals surface area contributed by atoms with Gasteiger partial charge in [-0.1, -0.05) is 0 Å². The summed E-state index contributed by atoms with van der Waals surface area (Å²) in [5, 5.41) is 6.84. The molecule has 0 spiro atoms. The number of nitrogens with zero attached hydrogens (tertiary/aromatic N) is 2. The van der Waals surface area contributed by atoms with E-state index >= 15 is 0 Å². The van der Waals surface area contributed by atoms with Gasteiger partial charge in [0.1, 0.15) is 5.82 Å². The molecule has 2 heterocycles. The quantitative estimate of drug-likeness (QED) is 0.741. The maximum Gasteiger partial charge on any atom is 0.194 e. The molecule has 0 atom stereocenters. The Morgan fingerprint density at radius 3 is 2.71 bits per heavy atom. The van der Waals surface area contributed by atoms with Gasteiger partial charge in [0.25, 0.3) is 0 Å². The monoisotopic (exact) mass is 215 g/mol. The fourth-order valence-corrected chi connectivity index (χ4v) is 1.63. The lowest BCUT2D eigenvalue weighted by Gasteiger charge is -2.21. The van der Waals surface area contributed by atoms with Crippen LogP contribution < -0.4 is 0 Å². The van der Waals surface area contributed by atoms with Crippen molar-refractivity contribution in [1.29, 1.82) is 0 Å². The van der Waals surface area contributed by atoms with Crippen molar-refractivity contribution in [3.05, 3.63) is 10.6 Å². The minimum absolute atomic E-state index is 0.547. The maximum atomic E-state index is 5.49. The predicted octanol–water partition coefficient (Wildman–Crippen LogP) is 0.783. The van der Waals surface area contributed by atoms with Gasteiger partial charge in [-0.05, 0) is 19.1 Å². The van der Waals surface area contributed by atoms with Crippen LogP contribution in [0.25, 0.3) is 0 Å². The molecule has 1 aliphatic heterocycles. The molecule has 14 heavy (non-hydrogen) atoms. The first-order valence-electron chi connectivity index (χ1n) is 4.49. The van der Waals surface area contributed by atoms with Crippen LogP contribution in [0.5, 0.6) is 0 Å². The molecule has 0 bridgehead atoms. The number of hydrogen-bond acceptors (Lipinski definition) is 4. The van der Waals surface area contributed by atoms with Crippen molar-refractivity contribution < 1.29 is 9.47 Å². The van der Waals surface area contributed by atoms with Gasteiger partial charge in [-0.15, -0.1) is 0 Å². The second kappa shape index (κ2) is 3.45. The minimum Gasteiger partial charge on any atom is -0.347 e. The highest BCUT2D eigenvalue weighted by Crippen LogP contribution is 2.22. The van der Waals surface area contributed by atoms with Gasteiger partial charge in [0.2, 0.25) is 0 Å². The van der Waals surface area contributed by atoms with Crippen molar-refractivity contribution in [3.8, 4) is 0 Å². The molecule has 5 nitrogen and oxygen atoms in total. The second-order valence-corrected chi connectivity index (χ2v) is 3.90. The number of nitrogens with one attached hydrogen (secondary N) is 1. The van der Waals surface area contributed by atoms with Crippen LogP contribution in [0.2, 0.25) is 0 Å². The number of rotatable bonds is 2. The zero-order chi connectivity index (χ0) is 10.2. The Hall–Kier alpha value is -0.720. The van der Waals surface area contributed by atoms with Crippen LogP contribution in [0.3, 0.4) is 0 Å². The molecular weight excluding hydrogens is 202 g/mol. The molecule has 1 fully saturated rings. The van der Waals surface area contributed by atoms with Gasteiger partial charge in [-0.3, -0.25) is 5.10 Å². The second-order valence-electron chi connectivity index (χ2n) is 3.51. The third-order valence-electron chi connectivity index (χ3n) is 2.35. The number of ether oxygens (including phenoxy) is 2. The molecule has 6 heteroatoms. The van der Waals surface area contributed by atoms with Gasteiger partial charge < -0.3 is 14.0 Å². The first kappa shape index (κ1) is 9.82. The summed E-state index contributed by atoms with van der Waals surface area (Å²) in [5.74, 6) is 0.300. The van der Waals surface area contributed by atoms with Crippen molar-refractivity contribution in [1.82, 2.24) is 14.8 Å². The first-order chi connectivity index (χ1) is 6.61. The van der Waals surface area contributed by atoms with E-state index in [1.165, 1.54) is 0 Å². The Kier molecular flexibility index (Phi) is 2.42. The normalized spacial score (nSPS) is 20.1. The molecule has 1 aromatic heterocycles. The van der Waals surface area contributed by atoms with Crippen molar-refractivity contribution in [3.63, 3.8) is 0 Å². The van der Waals surface area contributed by atoms with Crippen LogP contribution in [0.15, 0.2) is 0 Å². The summed E-state index contributed by atoms with van der Waals surface area (Å²) >= 11 is 5.01. The Labute approximate surface area is 87.0 Å². The van der Waals surface area contributed by atoms with Crippen molar-refractivity contribution in [2.75, 3.05) is 13.2 Å². The molecule has 0 unspecified atom stereocenters. The van der Waals surface area contributed by atoms with E-state index in [9.17, 15) is 0 Å². The largest absolute Gasteiger partial charge is 0.347 e. The van der Waals surface area contributed by atoms with Crippen LogP contribution in [0.4, 0.5) is 0 Å². The van der Waals surface area contributed by atoms with E-state index in [1.807, 2.05) is 18.5 Å². The number of H-pyrrole nitrogens is 1. The third-order valence-corrected chi connectivity index (χ3v) is 2.71. The lowest BCUT2D eigenvalue weighted by atomic mass is 10.2. The van der Waals surface area contributed by atoms with Gasteiger partial charge in [0.05, 0.1) is 19.6 Å². The van der Waals surface area contributed by atoms with Gasteiger partial charge in [0.15, 0.2) is 10.6 Å². The Bertz CT molecular complexity index is 378. The summed E-state index contributed by atoms with van der Waals surface area (Å²) in [6.07, 6.45) is 0.608. The summed E-state index contributed by atoms with van der Waals surface area (Å²) in [6.45, 7) is 3.20. The minimum atomic E-state index is -0.547. The Balaban J connectivity index is 2.18. The van der Waals surface area contributed by atoms with E-state index in [2.05, 4.69) is 10.2 Å². The summed E-state index contributed by atoms with van der Waals surface area (Å²) in [5.41, 5.74) is 0. The summed E-state index contributed by atoms with van der Waals surface area (Å²) in [6, 6.07) is 0. The van der Waals surface area contributed by atoms with E-state index in [1.54, 1.807) is 0 Å². The average Bonchev–Trinajstić information content (AvgIpc) is 2.68. The number of aromatic nitrogens is 3. The van der Waals surface area contributed by atoms with E-state index < -0.39 is 5.79 Å². The molecular formula is C8H13N3O2S. The van der Waals surface area contributed by atoms with Crippen LogP contribution in [0.1, 0.15) is 12.7 Å². The number of hydrogen-bond donors (Lipinski definition) is 1. The smallest absolute Gasteiger partial charge is 0.194 e. The SMILES string of the molecule is Cn1c(CC2(C)OCCO2)n[nH]c1=S. The third kappa shape index (κ3) is 1.73. The van der Waals surface area contributed by atoms with E-state index in [4.69, 9.17) is 21.7 Å². The van der Waals surface area contributed by atoms with Crippen LogP contribution >= 0.6 is 12.2 Å². The molecule has 1 N–H and O–H groups in total. The van der Waals surface area contributed by atoms with Crippen molar-refractivity contribution in [2.45, 2.75) is 19.1 Å².